The summed E-state index contributed by atoms with van der Waals surface area (Å²) in [6, 6.07) is 8.19. The summed E-state index contributed by atoms with van der Waals surface area (Å²) in [6.07, 6.45) is -0.546. The van der Waals surface area contributed by atoms with E-state index >= 15 is 0 Å². The molecule has 2 N–H and O–H groups in total. The molecule has 2 aliphatic heterocycles. The number of hydrogen-bond acceptors (Lipinski definition) is 10. The number of carbonyl (C=O) groups excluding carboxylic acids is 4. The molecule has 1 amide bonds. The molecule has 1 aromatic carbocycles. The molecule has 1 aromatic rings. The van der Waals surface area contributed by atoms with Crippen LogP contribution in [-0.4, -0.2) is 50.7 Å². The molecular weight excluding hydrogens is 446 g/mol. The molecule has 0 aliphatic carbocycles. The van der Waals surface area contributed by atoms with Gasteiger partial charge in [0, 0.05) is 11.3 Å². The first kappa shape index (κ1) is 24.3. The average Bonchev–Trinajstić information content (AvgIpc) is 3.03. The van der Waals surface area contributed by atoms with Gasteiger partial charge in [0.25, 0.3) is 0 Å². The Balaban J connectivity index is 2.38. The number of amides is 1. The molecule has 1 spiro atoms. The fraction of sp³-hybridized carbons (Fsp3) is 0.348. The van der Waals surface area contributed by atoms with Crippen LogP contribution in [-0.2, 0) is 43.5 Å². The lowest BCUT2D eigenvalue weighted by Crippen LogP contribution is -2.49. The van der Waals surface area contributed by atoms with E-state index in [1.807, 2.05) is 6.07 Å². The highest BCUT2D eigenvalue weighted by Crippen LogP contribution is 2.54. The first-order valence-electron chi connectivity index (χ1n) is 10.4. The Morgan fingerprint density at radius 2 is 1.82 bits per heavy atom. The van der Waals surface area contributed by atoms with Crippen molar-refractivity contribution in [2.24, 2.45) is 5.73 Å². The minimum atomic E-state index is -2.10. The van der Waals surface area contributed by atoms with Gasteiger partial charge in [-0.05, 0) is 19.9 Å². The summed E-state index contributed by atoms with van der Waals surface area (Å²) in [5, 5.41) is 10.0. The summed E-state index contributed by atoms with van der Waals surface area (Å²) in [5.41, 5.74) is 3.67. The number of para-hydroxylation sites is 1. The molecule has 178 valence electrons. The highest BCUT2D eigenvalue weighted by molar-refractivity contribution is 6.19. The first-order valence-corrected chi connectivity index (χ1v) is 10.4. The van der Waals surface area contributed by atoms with Crippen molar-refractivity contribution in [2.45, 2.75) is 25.7 Å². The van der Waals surface area contributed by atoms with E-state index in [1.165, 1.54) is 13.2 Å². The van der Waals surface area contributed by atoms with Crippen LogP contribution in [0.3, 0.4) is 0 Å². The average molecular weight is 469 g/mol. The van der Waals surface area contributed by atoms with E-state index in [1.54, 1.807) is 32.0 Å². The van der Waals surface area contributed by atoms with E-state index in [4.69, 9.17) is 24.7 Å². The van der Waals surface area contributed by atoms with Crippen molar-refractivity contribution >= 4 is 29.5 Å². The third-order valence-corrected chi connectivity index (χ3v) is 5.39. The lowest BCUT2D eigenvalue weighted by atomic mass is 9.68. The van der Waals surface area contributed by atoms with Gasteiger partial charge in [0.1, 0.15) is 35.9 Å². The fourth-order valence-corrected chi connectivity index (χ4v) is 4.12. The molecule has 0 fully saturated rings. The molecular formula is C23H23N3O8. The minimum absolute atomic E-state index is 0.0616. The molecule has 2 heterocycles. The number of fused-ring (bicyclic) bond motifs is 2. The number of esters is 3. The van der Waals surface area contributed by atoms with E-state index in [0.717, 1.165) is 4.90 Å². The molecule has 3 rings (SSSR count). The van der Waals surface area contributed by atoms with Crippen LogP contribution in [0, 0.1) is 11.3 Å². The molecule has 0 saturated heterocycles. The van der Waals surface area contributed by atoms with E-state index in [9.17, 15) is 24.4 Å². The number of nitriles is 1. The van der Waals surface area contributed by atoms with Gasteiger partial charge < -0.3 is 24.7 Å². The van der Waals surface area contributed by atoms with Crippen molar-refractivity contribution < 1.29 is 38.1 Å². The van der Waals surface area contributed by atoms with Gasteiger partial charge in [-0.3, -0.25) is 19.3 Å². The smallest absolute Gasteiger partial charge is 0.339 e. The predicted molar refractivity (Wildman–Crippen MR) is 115 cm³/mol. The predicted octanol–water partition coefficient (Wildman–Crippen LogP) is 0.938. The van der Waals surface area contributed by atoms with Gasteiger partial charge in [-0.25, -0.2) is 4.79 Å². The number of ether oxygens (including phenoxy) is 4. The maximum absolute atomic E-state index is 14.0. The van der Waals surface area contributed by atoms with Crippen molar-refractivity contribution in [2.75, 3.05) is 31.8 Å². The highest BCUT2D eigenvalue weighted by atomic mass is 16.5. The van der Waals surface area contributed by atoms with Crippen molar-refractivity contribution in [1.29, 1.82) is 5.26 Å². The number of rotatable bonds is 7. The summed E-state index contributed by atoms with van der Waals surface area (Å²) < 4.78 is 20.4. The van der Waals surface area contributed by atoms with E-state index in [2.05, 4.69) is 0 Å². The second-order valence-electron chi connectivity index (χ2n) is 7.19. The number of nitrogens with zero attached hydrogens (tertiary/aromatic N) is 2. The zero-order valence-corrected chi connectivity index (χ0v) is 18.9. The molecule has 2 aliphatic rings. The Labute approximate surface area is 195 Å². The highest BCUT2D eigenvalue weighted by Gasteiger charge is 2.62. The molecule has 0 bridgehead atoms. The number of benzene rings is 1. The van der Waals surface area contributed by atoms with Crippen LogP contribution < -0.4 is 10.6 Å². The third kappa shape index (κ3) is 3.73. The first-order chi connectivity index (χ1) is 16.3. The number of methoxy groups -OCH3 is 1. The number of hydrogen-bond donors (Lipinski definition) is 1. The largest absolute Gasteiger partial charge is 0.468 e. The standard InChI is InChI=1S/C23H23N3O8/c1-4-32-17(27)10-16-19(21(29)33-5-2)23(14(11-24)20(25)34-16)13-8-6-7-9-15(13)26(22(23)30)12-18(28)31-3/h6-9H,4-5,10,12,25H2,1-3H3. The van der Waals surface area contributed by atoms with Crippen LogP contribution in [0.15, 0.2) is 47.1 Å². The van der Waals surface area contributed by atoms with Crippen molar-refractivity contribution in [3.05, 3.63) is 52.6 Å². The van der Waals surface area contributed by atoms with Crippen molar-refractivity contribution in [3.63, 3.8) is 0 Å². The minimum Gasteiger partial charge on any atom is -0.468 e. The summed E-state index contributed by atoms with van der Waals surface area (Å²) >= 11 is 0. The second kappa shape index (κ2) is 9.66. The maximum Gasteiger partial charge on any atom is 0.339 e. The van der Waals surface area contributed by atoms with Crippen LogP contribution in [0.5, 0.6) is 0 Å². The topological polar surface area (TPSA) is 158 Å². The third-order valence-electron chi connectivity index (χ3n) is 5.39. The molecule has 11 heteroatoms. The van der Waals surface area contributed by atoms with Gasteiger partial charge in [0.2, 0.25) is 11.8 Å². The van der Waals surface area contributed by atoms with Gasteiger partial charge in [-0.2, -0.15) is 5.26 Å². The second-order valence-corrected chi connectivity index (χ2v) is 7.19. The van der Waals surface area contributed by atoms with Crippen LogP contribution in [0.1, 0.15) is 25.8 Å². The van der Waals surface area contributed by atoms with Crippen LogP contribution in [0.25, 0.3) is 0 Å². The van der Waals surface area contributed by atoms with Gasteiger partial charge in [-0.15, -0.1) is 0 Å². The van der Waals surface area contributed by atoms with Crippen LogP contribution in [0.4, 0.5) is 5.69 Å². The van der Waals surface area contributed by atoms with Gasteiger partial charge in [0.05, 0.1) is 20.3 Å². The Morgan fingerprint density at radius 1 is 1.15 bits per heavy atom. The van der Waals surface area contributed by atoms with Gasteiger partial charge in [-0.1, -0.05) is 18.2 Å². The molecule has 0 radical (unpaired) electrons. The molecule has 1 unspecified atom stereocenters. The Hall–Kier alpha value is -4.33. The normalized spacial score (nSPS) is 18.9. The van der Waals surface area contributed by atoms with Crippen molar-refractivity contribution in [1.82, 2.24) is 0 Å². The number of anilines is 1. The van der Waals surface area contributed by atoms with E-state index in [0.29, 0.717) is 0 Å². The lowest BCUT2D eigenvalue weighted by molar-refractivity contribution is -0.143. The number of nitrogens with two attached hydrogens (primary N) is 1. The lowest BCUT2D eigenvalue weighted by Gasteiger charge is -2.35. The maximum atomic E-state index is 14.0. The SMILES string of the molecule is CCOC(=O)CC1=C(C(=O)OCC)C2(C(=O)N(CC(=O)OC)c3ccccc32)C(C#N)=C(N)O1. The molecule has 34 heavy (non-hydrogen) atoms. The number of carbonyl (C=O) groups is 4. The Morgan fingerprint density at radius 3 is 2.44 bits per heavy atom. The summed E-state index contributed by atoms with van der Waals surface area (Å²) in [6.45, 7) is 2.68. The summed E-state index contributed by atoms with van der Waals surface area (Å²) in [4.78, 5) is 52.8. The van der Waals surface area contributed by atoms with Crippen LogP contribution >= 0.6 is 0 Å². The van der Waals surface area contributed by atoms with Crippen molar-refractivity contribution in [3.8, 4) is 6.07 Å². The molecule has 0 aromatic heterocycles. The molecule has 0 saturated carbocycles. The monoisotopic (exact) mass is 469 g/mol. The quantitative estimate of drug-likeness (QED) is 0.450. The van der Waals surface area contributed by atoms with Gasteiger partial charge in [0.15, 0.2) is 5.41 Å². The Kier molecular flexibility index (Phi) is 6.91. The van der Waals surface area contributed by atoms with Gasteiger partial charge >= 0.3 is 17.9 Å². The zero-order chi connectivity index (χ0) is 25.0. The van der Waals surface area contributed by atoms with E-state index < -0.39 is 48.1 Å². The van der Waals surface area contributed by atoms with E-state index in [-0.39, 0.29) is 41.4 Å². The summed E-state index contributed by atoms with van der Waals surface area (Å²) in [7, 11) is 1.17. The Bertz CT molecular complexity index is 1160. The zero-order valence-electron chi connectivity index (χ0n) is 18.9. The van der Waals surface area contributed by atoms with Crippen LogP contribution in [0.2, 0.25) is 0 Å². The summed E-state index contributed by atoms with van der Waals surface area (Å²) in [5.74, 6) is -4.00. The molecule has 1 atom stereocenters. The molecule has 11 nitrogen and oxygen atoms in total. The fourth-order valence-electron chi connectivity index (χ4n) is 4.12.